The lowest BCUT2D eigenvalue weighted by atomic mass is 10.0. The highest BCUT2D eigenvalue weighted by Crippen LogP contribution is 2.38. The molecule has 3 N–H and O–H groups in total. The number of carbonyl (C=O) groups excluding carboxylic acids is 2. The first-order chi connectivity index (χ1) is 18.1. The van der Waals surface area contributed by atoms with Gasteiger partial charge in [0.2, 0.25) is 0 Å². The summed E-state index contributed by atoms with van der Waals surface area (Å²) in [6.45, 7) is 3.09. The van der Waals surface area contributed by atoms with E-state index in [0.717, 1.165) is 12.8 Å². The molecule has 9 nitrogen and oxygen atoms in total. The maximum absolute atomic E-state index is 14.6. The van der Waals surface area contributed by atoms with Crippen molar-refractivity contribution >= 4 is 22.8 Å². The normalized spacial score (nSPS) is 20.2. The number of benzene rings is 1. The lowest BCUT2D eigenvalue weighted by Gasteiger charge is -2.18. The van der Waals surface area contributed by atoms with Crippen LogP contribution in [0.3, 0.4) is 0 Å². The fourth-order valence-corrected chi connectivity index (χ4v) is 4.67. The van der Waals surface area contributed by atoms with Crippen LogP contribution in [0.4, 0.5) is 13.2 Å². The second kappa shape index (κ2) is 10.2. The Morgan fingerprint density at radius 2 is 2.03 bits per heavy atom. The summed E-state index contributed by atoms with van der Waals surface area (Å²) in [7, 11) is 0. The smallest absolute Gasteiger partial charge is 0.263 e. The van der Waals surface area contributed by atoms with E-state index in [1.807, 2.05) is 0 Å². The van der Waals surface area contributed by atoms with E-state index in [-0.39, 0.29) is 29.7 Å². The molecule has 2 amide bonds. The molecule has 1 aromatic carbocycles. The van der Waals surface area contributed by atoms with Crippen LogP contribution in [0.1, 0.15) is 47.8 Å². The number of rotatable bonds is 8. The molecule has 38 heavy (non-hydrogen) atoms. The van der Waals surface area contributed by atoms with E-state index in [4.69, 9.17) is 4.74 Å². The lowest BCUT2D eigenvalue weighted by molar-refractivity contribution is -0.138. The number of aliphatic hydroxyl groups is 1. The van der Waals surface area contributed by atoms with Crippen LogP contribution in [0, 0.1) is 12.8 Å². The van der Waals surface area contributed by atoms with Gasteiger partial charge in [0, 0.05) is 23.4 Å². The second-order valence-corrected chi connectivity index (χ2v) is 9.90. The SMILES string of the molecule is Cc1[nH]c2c(-c3cc(C(F)F)ccc3OCC3CC3)ncnc2c1C(=O)N[C@H]1CN(C(=O)[C@H](C)O)C[C@H]1F. The summed E-state index contributed by atoms with van der Waals surface area (Å²) in [5.74, 6) is -0.388. The summed E-state index contributed by atoms with van der Waals surface area (Å²) in [6.07, 6.45) is -2.14. The summed E-state index contributed by atoms with van der Waals surface area (Å²) in [4.78, 5) is 38.2. The molecule has 2 aromatic heterocycles. The first-order valence-corrected chi connectivity index (χ1v) is 12.4. The van der Waals surface area contributed by atoms with Crippen molar-refractivity contribution in [3.8, 4) is 17.0 Å². The summed E-state index contributed by atoms with van der Waals surface area (Å²) in [5.41, 5.74) is 1.62. The molecular formula is C26H28F3N5O4. The van der Waals surface area contributed by atoms with Crippen molar-refractivity contribution in [2.45, 2.75) is 51.4 Å². The van der Waals surface area contributed by atoms with E-state index in [9.17, 15) is 27.9 Å². The van der Waals surface area contributed by atoms with E-state index >= 15 is 0 Å². The maximum Gasteiger partial charge on any atom is 0.263 e. The molecule has 5 rings (SSSR count). The number of hydrogen-bond acceptors (Lipinski definition) is 6. The first kappa shape index (κ1) is 26.0. The van der Waals surface area contributed by atoms with Gasteiger partial charge in [-0.3, -0.25) is 9.59 Å². The van der Waals surface area contributed by atoms with E-state index < -0.39 is 36.6 Å². The van der Waals surface area contributed by atoms with Crippen LogP contribution in [0.25, 0.3) is 22.3 Å². The van der Waals surface area contributed by atoms with Crippen molar-refractivity contribution < 1.29 is 32.6 Å². The zero-order valence-corrected chi connectivity index (χ0v) is 20.9. The largest absolute Gasteiger partial charge is 0.493 e. The van der Waals surface area contributed by atoms with Gasteiger partial charge in [-0.25, -0.2) is 23.1 Å². The minimum Gasteiger partial charge on any atom is -0.493 e. The topological polar surface area (TPSA) is 120 Å². The molecule has 1 saturated carbocycles. The van der Waals surface area contributed by atoms with E-state index in [2.05, 4.69) is 20.3 Å². The lowest BCUT2D eigenvalue weighted by Crippen LogP contribution is -2.42. The Hall–Kier alpha value is -3.67. The number of amides is 2. The van der Waals surface area contributed by atoms with E-state index in [0.29, 0.717) is 40.7 Å². The van der Waals surface area contributed by atoms with Gasteiger partial charge >= 0.3 is 0 Å². The van der Waals surface area contributed by atoms with Gasteiger partial charge in [0.15, 0.2) is 0 Å². The summed E-state index contributed by atoms with van der Waals surface area (Å²) in [5, 5.41) is 12.1. The van der Waals surface area contributed by atoms with Crippen molar-refractivity contribution in [1.82, 2.24) is 25.2 Å². The number of alkyl halides is 3. The summed E-state index contributed by atoms with van der Waals surface area (Å²) in [6, 6.07) is 3.16. The Kier molecular flexibility index (Phi) is 6.99. The van der Waals surface area contributed by atoms with Crippen LogP contribution in [0.2, 0.25) is 0 Å². The molecule has 1 saturated heterocycles. The van der Waals surface area contributed by atoms with E-state index in [1.165, 1.54) is 36.4 Å². The number of nitrogens with one attached hydrogen (secondary N) is 2. The molecule has 3 atom stereocenters. The third-order valence-corrected chi connectivity index (χ3v) is 6.91. The van der Waals surface area contributed by atoms with E-state index in [1.54, 1.807) is 6.92 Å². The van der Waals surface area contributed by atoms with Crippen LogP contribution >= 0.6 is 0 Å². The molecule has 3 aromatic rings. The Morgan fingerprint density at radius 3 is 2.71 bits per heavy atom. The number of aryl methyl sites for hydroxylation is 1. The Balaban J connectivity index is 1.47. The maximum atomic E-state index is 14.6. The van der Waals surface area contributed by atoms with Crippen LogP contribution in [-0.4, -0.2) is 74.8 Å². The number of aromatic nitrogens is 3. The van der Waals surface area contributed by atoms with Gasteiger partial charge in [-0.1, -0.05) is 0 Å². The molecule has 202 valence electrons. The number of nitrogens with zero attached hydrogens (tertiary/aromatic N) is 3. The van der Waals surface area contributed by atoms with Crippen molar-refractivity contribution in [3.63, 3.8) is 0 Å². The quantitative estimate of drug-likeness (QED) is 0.410. The standard InChI is InChI=1S/C26H28F3N5O4/c1-12-20(25(36)33-18-9-34(8-17(18)27)26(37)13(2)35)22-23(32-12)21(30-11-31-22)16-7-15(24(28)29)5-6-19(16)38-10-14-3-4-14/h5-7,11,13-14,17-18,24,32,35H,3-4,8-10H2,1-2H3,(H,33,36)/t13-,17+,18-/m0/s1. The van der Waals surface area contributed by atoms with Gasteiger partial charge < -0.3 is 25.0 Å². The zero-order chi connectivity index (χ0) is 27.1. The number of aliphatic hydroxyl groups excluding tert-OH is 1. The Morgan fingerprint density at radius 1 is 1.26 bits per heavy atom. The monoisotopic (exact) mass is 531 g/mol. The molecule has 1 aliphatic carbocycles. The number of fused-ring (bicyclic) bond motifs is 1. The van der Waals surface area contributed by atoms with Crippen molar-refractivity contribution in [2.75, 3.05) is 19.7 Å². The fraction of sp³-hybridized carbons (Fsp3) is 0.462. The first-order valence-electron chi connectivity index (χ1n) is 12.4. The number of H-pyrrole nitrogens is 1. The molecule has 1 aliphatic heterocycles. The Bertz CT molecular complexity index is 1370. The van der Waals surface area contributed by atoms with Gasteiger partial charge in [0.1, 0.15) is 35.6 Å². The van der Waals surface area contributed by atoms with Crippen molar-refractivity contribution in [2.24, 2.45) is 5.92 Å². The molecule has 0 spiro atoms. The molecule has 0 unspecified atom stereocenters. The highest BCUT2D eigenvalue weighted by Gasteiger charge is 2.38. The van der Waals surface area contributed by atoms with Gasteiger partial charge in [-0.15, -0.1) is 0 Å². The third kappa shape index (κ3) is 5.04. The predicted octanol–water partition coefficient (Wildman–Crippen LogP) is 3.32. The summed E-state index contributed by atoms with van der Waals surface area (Å²) >= 11 is 0. The van der Waals surface area contributed by atoms with Crippen LogP contribution in [-0.2, 0) is 4.79 Å². The van der Waals surface area contributed by atoms with Gasteiger partial charge in [-0.05, 0) is 50.8 Å². The number of hydrogen-bond donors (Lipinski definition) is 3. The Labute approximate surface area is 216 Å². The van der Waals surface area contributed by atoms with Crippen LogP contribution < -0.4 is 10.1 Å². The van der Waals surface area contributed by atoms with Gasteiger partial charge in [0.05, 0.1) is 30.3 Å². The van der Waals surface area contributed by atoms with Crippen LogP contribution in [0.5, 0.6) is 5.75 Å². The highest BCUT2D eigenvalue weighted by atomic mass is 19.3. The third-order valence-electron chi connectivity index (χ3n) is 6.91. The predicted molar refractivity (Wildman–Crippen MR) is 132 cm³/mol. The molecule has 2 fully saturated rings. The van der Waals surface area contributed by atoms with Crippen LogP contribution in [0.15, 0.2) is 24.5 Å². The average molecular weight is 532 g/mol. The van der Waals surface area contributed by atoms with Gasteiger partial charge in [-0.2, -0.15) is 0 Å². The molecule has 2 aliphatic rings. The number of carbonyl (C=O) groups is 2. The molecular weight excluding hydrogens is 503 g/mol. The van der Waals surface area contributed by atoms with Crippen molar-refractivity contribution in [3.05, 3.63) is 41.3 Å². The second-order valence-electron chi connectivity index (χ2n) is 9.90. The summed E-state index contributed by atoms with van der Waals surface area (Å²) < 4.78 is 47.7. The van der Waals surface area contributed by atoms with Crippen molar-refractivity contribution in [1.29, 1.82) is 0 Å². The number of ether oxygens (including phenoxy) is 1. The molecule has 3 heterocycles. The number of aromatic amines is 1. The minimum atomic E-state index is -2.70. The highest BCUT2D eigenvalue weighted by molar-refractivity contribution is 6.09. The fourth-order valence-electron chi connectivity index (χ4n) is 4.67. The zero-order valence-electron chi connectivity index (χ0n) is 20.9. The number of halogens is 3. The van der Waals surface area contributed by atoms with Gasteiger partial charge in [0.25, 0.3) is 18.2 Å². The minimum absolute atomic E-state index is 0.0829. The molecule has 0 radical (unpaired) electrons. The number of likely N-dealkylation sites (tertiary alicyclic amines) is 1. The molecule has 0 bridgehead atoms. The molecule has 12 heteroatoms. The average Bonchev–Trinajstić information content (AvgIpc) is 3.55.